The van der Waals surface area contributed by atoms with Crippen molar-refractivity contribution in [1.82, 2.24) is 5.32 Å². The van der Waals surface area contributed by atoms with Crippen LogP contribution >= 0.6 is 23.2 Å². The van der Waals surface area contributed by atoms with E-state index in [1.807, 2.05) is 30.3 Å². The van der Waals surface area contributed by atoms with Gasteiger partial charge in [0.05, 0.1) is 6.04 Å². The fourth-order valence-electron chi connectivity index (χ4n) is 3.25. The minimum atomic E-state index is -0.00385. The highest BCUT2D eigenvalue weighted by Gasteiger charge is 2.28. The molecule has 0 heterocycles. The molecule has 0 aliphatic heterocycles. The highest BCUT2D eigenvalue weighted by molar-refractivity contribution is 6.30. The number of benzene rings is 2. The van der Waals surface area contributed by atoms with Crippen molar-refractivity contribution in [3.63, 3.8) is 0 Å². The van der Waals surface area contributed by atoms with Gasteiger partial charge in [0.15, 0.2) is 0 Å². The van der Waals surface area contributed by atoms with Gasteiger partial charge < -0.3 is 5.32 Å². The first-order valence-corrected chi connectivity index (χ1v) is 8.12. The van der Waals surface area contributed by atoms with E-state index in [0.717, 1.165) is 28.5 Å². The minimum Gasteiger partial charge on any atom is -0.350 e. The molecule has 0 radical (unpaired) electrons. The van der Waals surface area contributed by atoms with Gasteiger partial charge in [-0.1, -0.05) is 41.4 Å². The van der Waals surface area contributed by atoms with Gasteiger partial charge in [-0.05, 0) is 53.8 Å². The van der Waals surface area contributed by atoms with Gasteiger partial charge in [0, 0.05) is 22.9 Å². The van der Waals surface area contributed by atoms with Crippen molar-refractivity contribution in [2.24, 2.45) is 0 Å². The van der Waals surface area contributed by atoms with Gasteiger partial charge >= 0.3 is 0 Å². The van der Waals surface area contributed by atoms with Crippen molar-refractivity contribution in [1.29, 1.82) is 0 Å². The van der Waals surface area contributed by atoms with Crippen LogP contribution in [0.15, 0.2) is 42.5 Å². The molecule has 3 rings (SSSR count). The molecule has 0 unspecified atom stereocenters. The Hall–Kier alpha value is -1.51. The summed E-state index contributed by atoms with van der Waals surface area (Å²) >= 11 is 12.2. The first kappa shape index (κ1) is 15.4. The van der Waals surface area contributed by atoms with Gasteiger partial charge in [-0.3, -0.25) is 4.79 Å². The smallest absolute Gasteiger partial charge is 0.217 e. The summed E-state index contributed by atoms with van der Waals surface area (Å²) < 4.78 is 0. The third kappa shape index (κ3) is 3.13. The Bertz CT molecular complexity index is 697. The van der Waals surface area contributed by atoms with Crippen LogP contribution < -0.4 is 5.32 Å². The van der Waals surface area contributed by atoms with Crippen molar-refractivity contribution >= 4 is 29.1 Å². The van der Waals surface area contributed by atoms with E-state index in [2.05, 4.69) is 17.4 Å². The SMILES string of the molecule is CC(=O)N[C@@H]1CC[C@H](c2ccc(Cl)cc2)c2cc(Cl)ccc21. The molecule has 0 aromatic heterocycles. The summed E-state index contributed by atoms with van der Waals surface area (Å²) in [5.74, 6) is 0.284. The summed E-state index contributed by atoms with van der Waals surface area (Å²) in [6.45, 7) is 1.56. The van der Waals surface area contributed by atoms with Crippen LogP contribution in [0.3, 0.4) is 0 Å². The maximum absolute atomic E-state index is 11.4. The van der Waals surface area contributed by atoms with E-state index in [1.165, 1.54) is 11.1 Å². The molecule has 2 atom stereocenters. The van der Waals surface area contributed by atoms with Gasteiger partial charge in [-0.25, -0.2) is 0 Å². The van der Waals surface area contributed by atoms with Gasteiger partial charge in [0.25, 0.3) is 0 Å². The lowest BCUT2D eigenvalue weighted by Crippen LogP contribution is -2.30. The summed E-state index contributed by atoms with van der Waals surface area (Å²) in [5.41, 5.74) is 3.58. The van der Waals surface area contributed by atoms with Gasteiger partial charge in [0.2, 0.25) is 5.91 Å². The Kier molecular flexibility index (Phi) is 4.42. The third-order valence-corrected chi connectivity index (χ3v) is 4.68. The van der Waals surface area contributed by atoms with Crippen LogP contribution in [0.5, 0.6) is 0 Å². The number of carbonyl (C=O) groups excluding carboxylic acids is 1. The van der Waals surface area contributed by atoms with Gasteiger partial charge in [-0.2, -0.15) is 0 Å². The zero-order valence-electron chi connectivity index (χ0n) is 12.3. The van der Waals surface area contributed by atoms with Crippen molar-refractivity contribution in [3.05, 3.63) is 69.2 Å². The van der Waals surface area contributed by atoms with Crippen LogP contribution in [0, 0.1) is 0 Å². The molecule has 1 aliphatic rings. The summed E-state index contributed by atoms with van der Waals surface area (Å²) in [7, 11) is 0. The highest BCUT2D eigenvalue weighted by Crippen LogP contribution is 2.42. The second kappa shape index (κ2) is 6.31. The number of carbonyl (C=O) groups is 1. The average molecular weight is 334 g/mol. The quantitative estimate of drug-likeness (QED) is 0.814. The molecule has 0 saturated heterocycles. The molecule has 1 aliphatic carbocycles. The lowest BCUT2D eigenvalue weighted by Gasteiger charge is -2.32. The van der Waals surface area contributed by atoms with Crippen LogP contribution in [0.4, 0.5) is 0 Å². The van der Waals surface area contributed by atoms with E-state index in [0.29, 0.717) is 0 Å². The Balaban J connectivity index is 2.02. The largest absolute Gasteiger partial charge is 0.350 e. The number of rotatable bonds is 2. The molecule has 1 amide bonds. The number of fused-ring (bicyclic) bond motifs is 1. The number of hydrogen-bond donors (Lipinski definition) is 1. The fourth-order valence-corrected chi connectivity index (χ4v) is 3.55. The van der Waals surface area contributed by atoms with Crippen molar-refractivity contribution in [2.45, 2.75) is 31.7 Å². The Morgan fingerprint density at radius 2 is 1.68 bits per heavy atom. The normalized spacial score (nSPS) is 20.3. The zero-order chi connectivity index (χ0) is 15.7. The molecule has 2 aromatic rings. The maximum Gasteiger partial charge on any atom is 0.217 e. The van der Waals surface area contributed by atoms with E-state index in [9.17, 15) is 4.79 Å². The molecule has 0 saturated carbocycles. The van der Waals surface area contributed by atoms with E-state index < -0.39 is 0 Å². The van der Waals surface area contributed by atoms with E-state index in [4.69, 9.17) is 23.2 Å². The molecule has 114 valence electrons. The summed E-state index contributed by atoms with van der Waals surface area (Å²) in [5, 5.41) is 4.50. The van der Waals surface area contributed by atoms with E-state index in [1.54, 1.807) is 6.92 Å². The van der Waals surface area contributed by atoms with Crippen LogP contribution in [0.1, 0.15) is 48.4 Å². The molecule has 0 bridgehead atoms. The maximum atomic E-state index is 11.4. The second-order valence-electron chi connectivity index (χ2n) is 5.71. The third-order valence-electron chi connectivity index (χ3n) is 4.19. The molecule has 0 spiro atoms. The fraction of sp³-hybridized carbons (Fsp3) is 0.278. The molecule has 22 heavy (non-hydrogen) atoms. The molecule has 1 N–H and O–H groups in total. The molecule has 4 heteroatoms. The summed E-state index contributed by atoms with van der Waals surface area (Å²) in [6.07, 6.45) is 1.89. The summed E-state index contributed by atoms with van der Waals surface area (Å²) in [6, 6.07) is 14.0. The zero-order valence-corrected chi connectivity index (χ0v) is 13.8. The highest BCUT2D eigenvalue weighted by atomic mass is 35.5. The van der Waals surface area contributed by atoms with Gasteiger partial charge in [0.1, 0.15) is 0 Å². The molecular weight excluding hydrogens is 317 g/mol. The number of amides is 1. The van der Waals surface area contributed by atoms with E-state index in [-0.39, 0.29) is 17.9 Å². The number of hydrogen-bond acceptors (Lipinski definition) is 1. The molecule has 2 aromatic carbocycles. The number of nitrogens with one attached hydrogen (secondary N) is 1. The standard InChI is InChI=1S/C18H17Cl2NO/c1-11(22)21-18-9-8-15(12-2-4-13(19)5-3-12)17-10-14(20)6-7-16(17)18/h2-7,10,15,18H,8-9H2,1H3,(H,21,22)/t15-,18-/m1/s1. The second-order valence-corrected chi connectivity index (χ2v) is 6.58. The predicted molar refractivity (Wildman–Crippen MR) is 90.5 cm³/mol. The average Bonchev–Trinajstić information content (AvgIpc) is 2.48. The first-order chi connectivity index (χ1) is 10.5. The van der Waals surface area contributed by atoms with Crippen LogP contribution in [0.2, 0.25) is 10.0 Å². The van der Waals surface area contributed by atoms with Crippen molar-refractivity contribution in [2.75, 3.05) is 0 Å². The molecule has 2 nitrogen and oxygen atoms in total. The minimum absolute atomic E-state index is 0.00385. The topological polar surface area (TPSA) is 29.1 Å². The monoisotopic (exact) mass is 333 g/mol. The van der Waals surface area contributed by atoms with E-state index >= 15 is 0 Å². The van der Waals surface area contributed by atoms with Gasteiger partial charge in [-0.15, -0.1) is 0 Å². The van der Waals surface area contributed by atoms with Crippen LogP contribution in [0.25, 0.3) is 0 Å². The van der Waals surface area contributed by atoms with Crippen molar-refractivity contribution < 1.29 is 4.79 Å². The Morgan fingerprint density at radius 1 is 1.00 bits per heavy atom. The number of halogens is 2. The Morgan fingerprint density at radius 3 is 2.36 bits per heavy atom. The van der Waals surface area contributed by atoms with Crippen LogP contribution in [-0.4, -0.2) is 5.91 Å². The van der Waals surface area contributed by atoms with Crippen molar-refractivity contribution in [3.8, 4) is 0 Å². The van der Waals surface area contributed by atoms with Crippen LogP contribution in [-0.2, 0) is 4.79 Å². The lowest BCUT2D eigenvalue weighted by atomic mass is 9.77. The predicted octanol–water partition coefficient (Wildman–Crippen LogP) is 5.10. The first-order valence-electron chi connectivity index (χ1n) is 7.36. The molecular formula is C18H17Cl2NO. The summed E-state index contributed by atoms with van der Waals surface area (Å²) in [4.78, 5) is 11.4. The lowest BCUT2D eigenvalue weighted by molar-refractivity contribution is -0.119. The molecule has 0 fully saturated rings. The Labute approximate surface area is 140 Å².